The quantitative estimate of drug-likeness (QED) is 0.498. The van der Waals surface area contributed by atoms with Crippen LogP contribution in [0.25, 0.3) is 0 Å². The summed E-state index contributed by atoms with van der Waals surface area (Å²) in [6.07, 6.45) is 7.15. The third-order valence-electron chi connectivity index (χ3n) is 1.69. The fourth-order valence-electron chi connectivity index (χ4n) is 0.916. The monoisotopic (exact) mass is 232 g/mol. The van der Waals surface area contributed by atoms with E-state index in [1.165, 1.54) is 23.7 Å². The van der Waals surface area contributed by atoms with Gasteiger partial charge in [0.2, 0.25) is 0 Å². The van der Waals surface area contributed by atoms with Gasteiger partial charge in [-0.2, -0.15) is 0 Å². The number of hydrogen-bond donors (Lipinski definition) is 0. The molecule has 0 radical (unpaired) electrons. The van der Waals surface area contributed by atoms with Crippen LogP contribution in [0.1, 0.15) is 33.6 Å². The molecule has 0 unspecified atom stereocenters. The van der Waals surface area contributed by atoms with Crippen molar-refractivity contribution in [3.63, 3.8) is 0 Å². The Morgan fingerprint density at radius 2 is 1.83 bits per heavy atom. The standard InChI is InChI=1S/C11H20Se/c1-10(2)6-5-7-11(3)8-9-12-4/h6,8H,5,7,9H2,1-4H3/b11-8+. The zero-order valence-electron chi connectivity index (χ0n) is 8.68. The summed E-state index contributed by atoms with van der Waals surface area (Å²) in [5, 5.41) is 1.30. The fraction of sp³-hybridized carbons (Fsp3) is 0.636. The Hall–Kier alpha value is -0.000519. The van der Waals surface area contributed by atoms with E-state index in [-0.39, 0.29) is 0 Å². The van der Waals surface area contributed by atoms with Crippen molar-refractivity contribution in [3.8, 4) is 0 Å². The van der Waals surface area contributed by atoms with Gasteiger partial charge in [0.05, 0.1) is 0 Å². The zero-order valence-corrected chi connectivity index (χ0v) is 10.4. The third-order valence-corrected chi connectivity index (χ3v) is 2.74. The molecule has 0 saturated heterocycles. The van der Waals surface area contributed by atoms with Gasteiger partial charge in [-0.3, -0.25) is 0 Å². The normalized spacial score (nSPS) is 11.5. The second-order valence-corrected chi connectivity index (χ2v) is 5.24. The van der Waals surface area contributed by atoms with E-state index in [1.54, 1.807) is 5.57 Å². The van der Waals surface area contributed by atoms with E-state index in [9.17, 15) is 0 Å². The second-order valence-electron chi connectivity index (χ2n) is 3.33. The molecule has 0 aliphatic rings. The molecule has 0 aromatic heterocycles. The molecular formula is C11H20Se. The van der Waals surface area contributed by atoms with Gasteiger partial charge in [0.15, 0.2) is 0 Å². The summed E-state index contributed by atoms with van der Waals surface area (Å²) >= 11 is 0.803. The molecule has 0 spiro atoms. The first-order chi connectivity index (χ1) is 5.66. The van der Waals surface area contributed by atoms with Crippen LogP contribution in [0, 0.1) is 0 Å². The molecule has 0 aliphatic carbocycles. The van der Waals surface area contributed by atoms with Gasteiger partial charge in [0, 0.05) is 0 Å². The van der Waals surface area contributed by atoms with Gasteiger partial charge in [-0.15, -0.1) is 0 Å². The summed E-state index contributed by atoms with van der Waals surface area (Å²) in [4.78, 5) is 0. The summed E-state index contributed by atoms with van der Waals surface area (Å²) in [5.41, 5.74) is 2.98. The van der Waals surface area contributed by atoms with E-state index < -0.39 is 0 Å². The molecule has 0 fully saturated rings. The number of allylic oxidation sites excluding steroid dienone is 4. The number of hydrogen-bond acceptors (Lipinski definition) is 0. The minimum absolute atomic E-state index is 0.803. The van der Waals surface area contributed by atoms with Crippen molar-refractivity contribution in [1.82, 2.24) is 0 Å². The van der Waals surface area contributed by atoms with E-state index in [1.807, 2.05) is 0 Å². The van der Waals surface area contributed by atoms with Crippen LogP contribution in [0.2, 0.25) is 11.1 Å². The molecule has 0 aliphatic heterocycles. The summed E-state index contributed by atoms with van der Waals surface area (Å²) in [7, 11) is 0. The first-order valence-electron chi connectivity index (χ1n) is 4.44. The predicted molar refractivity (Wildman–Crippen MR) is 58.8 cm³/mol. The topological polar surface area (TPSA) is 0 Å². The maximum absolute atomic E-state index is 2.39. The van der Waals surface area contributed by atoms with Crippen molar-refractivity contribution in [3.05, 3.63) is 23.3 Å². The summed E-state index contributed by atoms with van der Waals surface area (Å²) in [6.45, 7) is 6.56. The van der Waals surface area contributed by atoms with Crippen LogP contribution in [0.3, 0.4) is 0 Å². The Morgan fingerprint density at radius 3 is 2.33 bits per heavy atom. The molecule has 12 heavy (non-hydrogen) atoms. The molecule has 0 saturated carbocycles. The Bertz CT molecular complexity index is 162. The molecule has 0 nitrogen and oxygen atoms in total. The molecule has 0 atom stereocenters. The van der Waals surface area contributed by atoms with Crippen LogP contribution in [0.4, 0.5) is 0 Å². The molecule has 1 heteroatoms. The minimum atomic E-state index is 0.803. The average molecular weight is 231 g/mol. The summed E-state index contributed by atoms with van der Waals surface area (Å²) in [5.74, 6) is 2.28. The van der Waals surface area contributed by atoms with Crippen molar-refractivity contribution in [1.29, 1.82) is 0 Å². The van der Waals surface area contributed by atoms with Crippen molar-refractivity contribution in [2.75, 3.05) is 0 Å². The molecule has 0 bridgehead atoms. The Balaban J connectivity index is 3.56. The van der Waals surface area contributed by atoms with Crippen LogP contribution in [-0.2, 0) is 0 Å². The van der Waals surface area contributed by atoms with E-state index in [2.05, 4.69) is 38.7 Å². The van der Waals surface area contributed by atoms with E-state index in [0.29, 0.717) is 0 Å². The van der Waals surface area contributed by atoms with E-state index >= 15 is 0 Å². The van der Waals surface area contributed by atoms with Crippen molar-refractivity contribution in [2.24, 2.45) is 0 Å². The third kappa shape index (κ3) is 8.10. The van der Waals surface area contributed by atoms with Crippen LogP contribution < -0.4 is 0 Å². The molecule has 0 amide bonds. The van der Waals surface area contributed by atoms with Crippen molar-refractivity contribution < 1.29 is 0 Å². The van der Waals surface area contributed by atoms with Crippen molar-refractivity contribution >= 4 is 15.0 Å². The Morgan fingerprint density at radius 1 is 1.17 bits per heavy atom. The molecule has 0 heterocycles. The molecule has 70 valence electrons. The maximum atomic E-state index is 2.39. The fourth-order valence-corrected chi connectivity index (χ4v) is 1.86. The van der Waals surface area contributed by atoms with Crippen LogP contribution in [0.5, 0.6) is 0 Å². The van der Waals surface area contributed by atoms with E-state index in [0.717, 1.165) is 15.0 Å². The SMILES string of the molecule is C[Se]C/C=C(\C)CCC=C(C)C. The van der Waals surface area contributed by atoms with Gasteiger partial charge < -0.3 is 0 Å². The number of rotatable bonds is 5. The predicted octanol–water partition coefficient (Wildman–Crippen LogP) is 3.85. The van der Waals surface area contributed by atoms with Crippen LogP contribution in [0.15, 0.2) is 23.3 Å². The zero-order chi connectivity index (χ0) is 9.40. The van der Waals surface area contributed by atoms with Gasteiger partial charge in [-0.05, 0) is 0 Å². The molecule has 0 N–H and O–H groups in total. The first-order valence-corrected chi connectivity index (χ1v) is 7.37. The van der Waals surface area contributed by atoms with Crippen molar-refractivity contribution in [2.45, 2.75) is 44.8 Å². The van der Waals surface area contributed by atoms with Gasteiger partial charge in [-0.1, -0.05) is 0 Å². The summed E-state index contributed by atoms with van der Waals surface area (Å²) < 4.78 is 0. The molecule has 0 rings (SSSR count). The Kier molecular flexibility index (Phi) is 7.64. The molecule has 0 aromatic carbocycles. The molecular weight excluding hydrogens is 211 g/mol. The first kappa shape index (κ1) is 12.0. The molecule has 0 aromatic rings. The average Bonchev–Trinajstić information content (AvgIpc) is 2.00. The van der Waals surface area contributed by atoms with E-state index in [4.69, 9.17) is 0 Å². The van der Waals surface area contributed by atoms with Crippen LogP contribution in [-0.4, -0.2) is 15.0 Å². The van der Waals surface area contributed by atoms with Gasteiger partial charge in [0.25, 0.3) is 0 Å². The summed E-state index contributed by atoms with van der Waals surface area (Å²) in [6, 6.07) is 0. The van der Waals surface area contributed by atoms with Gasteiger partial charge in [0.1, 0.15) is 0 Å². The van der Waals surface area contributed by atoms with Gasteiger partial charge in [-0.25, -0.2) is 0 Å². The van der Waals surface area contributed by atoms with Gasteiger partial charge >= 0.3 is 83.0 Å². The Labute approximate surface area is 83.3 Å². The second kappa shape index (κ2) is 7.64. The van der Waals surface area contributed by atoms with Crippen LogP contribution >= 0.6 is 0 Å².